The number of hydrogen-bond donors (Lipinski definition) is 1. The van der Waals surface area contributed by atoms with Crippen molar-refractivity contribution < 1.29 is 9.53 Å². The van der Waals surface area contributed by atoms with Crippen molar-refractivity contribution in [2.24, 2.45) is 0 Å². The van der Waals surface area contributed by atoms with E-state index in [0.717, 1.165) is 19.6 Å². The summed E-state index contributed by atoms with van der Waals surface area (Å²) in [5, 5.41) is 3.35. The number of piperazine rings is 1. The van der Waals surface area contributed by atoms with Gasteiger partial charge in [-0.05, 0) is 25.5 Å². The maximum absolute atomic E-state index is 11.5. The van der Waals surface area contributed by atoms with Crippen LogP contribution in [0.2, 0.25) is 0 Å². The first-order chi connectivity index (χ1) is 9.11. The zero-order valence-electron chi connectivity index (χ0n) is 11.9. The van der Waals surface area contributed by atoms with Gasteiger partial charge in [-0.1, -0.05) is 17.7 Å². The van der Waals surface area contributed by atoms with Gasteiger partial charge in [-0.15, -0.1) is 0 Å². The lowest BCUT2D eigenvalue weighted by Gasteiger charge is -2.38. The minimum atomic E-state index is -0.150. The van der Waals surface area contributed by atoms with Gasteiger partial charge in [0.25, 0.3) is 0 Å². The summed E-state index contributed by atoms with van der Waals surface area (Å²) in [7, 11) is 1.44. The van der Waals surface area contributed by atoms with E-state index in [-0.39, 0.29) is 12.0 Å². The number of rotatable bonds is 3. The molecule has 2 rings (SSSR count). The second-order valence-electron chi connectivity index (χ2n) is 5.12. The summed E-state index contributed by atoms with van der Waals surface area (Å²) in [5.41, 5.74) is 3.75. The maximum Gasteiger partial charge on any atom is 0.307 e. The molecular formula is C15H22N2O2. The van der Waals surface area contributed by atoms with Crippen molar-refractivity contribution in [1.82, 2.24) is 5.32 Å². The lowest BCUT2D eigenvalue weighted by molar-refractivity contribution is -0.141. The molecule has 1 aliphatic heterocycles. The molecule has 0 saturated carbocycles. The van der Waals surface area contributed by atoms with Gasteiger partial charge in [0.15, 0.2) is 0 Å². The van der Waals surface area contributed by atoms with Crippen molar-refractivity contribution >= 4 is 11.7 Å². The van der Waals surface area contributed by atoms with Gasteiger partial charge in [-0.3, -0.25) is 4.79 Å². The summed E-state index contributed by atoms with van der Waals surface area (Å²) >= 11 is 0. The average molecular weight is 262 g/mol. The zero-order chi connectivity index (χ0) is 13.8. The number of anilines is 1. The fourth-order valence-electron chi connectivity index (χ4n) is 2.66. The summed E-state index contributed by atoms with van der Waals surface area (Å²) in [4.78, 5) is 13.8. The van der Waals surface area contributed by atoms with Crippen LogP contribution in [0.15, 0.2) is 18.2 Å². The fourth-order valence-corrected chi connectivity index (χ4v) is 2.66. The van der Waals surface area contributed by atoms with Crippen LogP contribution in [0.25, 0.3) is 0 Å². The van der Waals surface area contributed by atoms with Crippen molar-refractivity contribution in [3.05, 3.63) is 29.3 Å². The molecule has 1 heterocycles. The zero-order valence-corrected chi connectivity index (χ0v) is 11.9. The summed E-state index contributed by atoms with van der Waals surface area (Å²) in [5.74, 6) is -0.150. The SMILES string of the molecule is COC(=O)CC1CNCCN1c1ccc(C)cc1C. The molecule has 4 heteroatoms. The Morgan fingerprint density at radius 3 is 2.95 bits per heavy atom. The Balaban J connectivity index is 2.21. The van der Waals surface area contributed by atoms with Crippen LogP contribution in [-0.4, -0.2) is 38.8 Å². The highest BCUT2D eigenvalue weighted by molar-refractivity contribution is 5.71. The number of carbonyl (C=O) groups excluding carboxylic acids is 1. The van der Waals surface area contributed by atoms with Crippen LogP contribution < -0.4 is 10.2 Å². The number of aryl methyl sites for hydroxylation is 2. The number of esters is 1. The Morgan fingerprint density at radius 1 is 1.47 bits per heavy atom. The van der Waals surface area contributed by atoms with E-state index in [1.165, 1.54) is 23.9 Å². The molecular weight excluding hydrogens is 240 g/mol. The number of benzene rings is 1. The highest BCUT2D eigenvalue weighted by Crippen LogP contribution is 2.25. The first-order valence-corrected chi connectivity index (χ1v) is 6.73. The third-order valence-electron chi connectivity index (χ3n) is 3.64. The minimum absolute atomic E-state index is 0.150. The number of methoxy groups -OCH3 is 1. The lowest BCUT2D eigenvalue weighted by Crippen LogP contribution is -2.52. The van der Waals surface area contributed by atoms with E-state index in [2.05, 4.69) is 42.3 Å². The molecule has 1 aromatic carbocycles. The van der Waals surface area contributed by atoms with Gasteiger partial charge in [0, 0.05) is 25.3 Å². The van der Waals surface area contributed by atoms with Crippen LogP contribution in [-0.2, 0) is 9.53 Å². The smallest absolute Gasteiger partial charge is 0.307 e. The third-order valence-corrected chi connectivity index (χ3v) is 3.64. The van der Waals surface area contributed by atoms with Crippen LogP contribution in [0.3, 0.4) is 0 Å². The Kier molecular flexibility index (Phi) is 4.43. The molecule has 1 atom stereocenters. The third kappa shape index (κ3) is 3.26. The maximum atomic E-state index is 11.5. The Labute approximate surface area is 114 Å². The van der Waals surface area contributed by atoms with Crippen molar-refractivity contribution in [2.75, 3.05) is 31.6 Å². The first-order valence-electron chi connectivity index (χ1n) is 6.73. The van der Waals surface area contributed by atoms with Crippen LogP contribution in [0, 0.1) is 13.8 Å². The molecule has 0 radical (unpaired) electrons. The predicted molar refractivity (Wildman–Crippen MR) is 76.6 cm³/mol. The molecule has 1 aromatic rings. The lowest BCUT2D eigenvalue weighted by atomic mass is 10.0. The van der Waals surface area contributed by atoms with E-state index in [9.17, 15) is 4.79 Å². The molecule has 1 fully saturated rings. The van der Waals surface area contributed by atoms with Crippen molar-refractivity contribution in [2.45, 2.75) is 26.3 Å². The van der Waals surface area contributed by atoms with Crippen molar-refractivity contribution in [3.8, 4) is 0 Å². The molecule has 0 bridgehead atoms. The number of nitrogens with one attached hydrogen (secondary N) is 1. The summed E-state index contributed by atoms with van der Waals surface area (Å²) in [6, 6.07) is 6.63. The summed E-state index contributed by atoms with van der Waals surface area (Å²) in [6.07, 6.45) is 0.427. The Hall–Kier alpha value is -1.55. The molecule has 1 aliphatic rings. The molecule has 0 amide bonds. The van der Waals surface area contributed by atoms with Gasteiger partial charge in [-0.2, -0.15) is 0 Å². The number of carbonyl (C=O) groups is 1. The van der Waals surface area contributed by atoms with Gasteiger partial charge in [-0.25, -0.2) is 0 Å². The molecule has 1 N–H and O–H groups in total. The van der Waals surface area contributed by atoms with Gasteiger partial charge in [0.05, 0.1) is 19.6 Å². The molecule has 19 heavy (non-hydrogen) atoms. The van der Waals surface area contributed by atoms with E-state index in [1.807, 2.05) is 0 Å². The van der Waals surface area contributed by atoms with Gasteiger partial charge in [0.2, 0.25) is 0 Å². The quantitative estimate of drug-likeness (QED) is 0.841. The van der Waals surface area contributed by atoms with Crippen LogP contribution in [0.1, 0.15) is 17.5 Å². The molecule has 0 aliphatic carbocycles. The normalized spacial score (nSPS) is 19.3. The largest absolute Gasteiger partial charge is 0.469 e. The van der Waals surface area contributed by atoms with E-state index in [4.69, 9.17) is 4.74 Å². The highest BCUT2D eigenvalue weighted by atomic mass is 16.5. The fraction of sp³-hybridized carbons (Fsp3) is 0.533. The van der Waals surface area contributed by atoms with Crippen LogP contribution in [0.4, 0.5) is 5.69 Å². The summed E-state index contributed by atoms with van der Waals surface area (Å²) in [6.45, 7) is 6.92. The molecule has 0 spiro atoms. The Bertz CT molecular complexity index is 459. The van der Waals surface area contributed by atoms with Crippen molar-refractivity contribution in [1.29, 1.82) is 0 Å². The minimum Gasteiger partial charge on any atom is -0.469 e. The van der Waals surface area contributed by atoms with E-state index in [1.54, 1.807) is 0 Å². The van der Waals surface area contributed by atoms with Gasteiger partial charge < -0.3 is 15.0 Å². The van der Waals surface area contributed by atoms with Crippen LogP contribution in [0.5, 0.6) is 0 Å². The topological polar surface area (TPSA) is 41.6 Å². The van der Waals surface area contributed by atoms with Crippen LogP contribution >= 0.6 is 0 Å². The monoisotopic (exact) mass is 262 g/mol. The number of hydrogen-bond acceptors (Lipinski definition) is 4. The standard InChI is InChI=1S/C15H22N2O2/c1-11-4-5-14(12(2)8-11)17-7-6-16-10-13(17)9-15(18)19-3/h4-5,8,13,16H,6-7,9-10H2,1-3H3. The van der Waals surface area contributed by atoms with Gasteiger partial charge in [0.1, 0.15) is 0 Å². The highest BCUT2D eigenvalue weighted by Gasteiger charge is 2.26. The first kappa shape index (κ1) is 13.9. The van der Waals surface area contributed by atoms with E-state index in [0.29, 0.717) is 6.42 Å². The number of nitrogens with zero attached hydrogens (tertiary/aromatic N) is 1. The molecule has 1 saturated heterocycles. The van der Waals surface area contributed by atoms with Crippen molar-refractivity contribution in [3.63, 3.8) is 0 Å². The molecule has 0 aromatic heterocycles. The molecule has 1 unspecified atom stereocenters. The molecule has 4 nitrogen and oxygen atoms in total. The second-order valence-corrected chi connectivity index (χ2v) is 5.12. The van der Waals surface area contributed by atoms with E-state index >= 15 is 0 Å². The average Bonchev–Trinajstić information content (AvgIpc) is 2.40. The second kappa shape index (κ2) is 6.06. The number of ether oxygens (including phenoxy) is 1. The summed E-state index contributed by atoms with van der Waals surface area (Å²) < 4.78 is 4.79. The van der Waals surface area contributed by atoms with Gasteiger partial charge >= 0.3 is 5.97 Å². The predicted octanol–water partition coefficient (Wildman–Crippen LogP) is 1.64. The Morgan fingerprint density at radius 2 is 2.26 bits per heavy atom. The molecule has 104 valence electrons. The van der Waals surface area contributed by atoms with E-state index < -0.39 is 0 Å².